The molecule has 3 rings (SSSR count). The Morgan fingerprint density at radius 1 is 1.42 bits per heavy atom. The molecule has 0 amide bonds. The molecule has 1 aliphatic rings. The molecule has 1 heterocycles. The molecule has 100 valence electrons. The third kappa shape index (κ3) is 2.44. The monoisotopic (exact) mass is 263 g/mol. The van der Waals surface area contributed by atoms with E-state index in [-0.39, 0.29) is 12.4 Å². The van der Waals surface area contributed by atoms with Gasteiger partial charge in [0.15, 0.2) is 12.4 Å². The largest absolute Gasteiger partial charge is 0.484 e. The number of hydrogen-bond acceptors (Lipinski definition) is 5. The van der Waals surface area contributed by atoms with Crippen LogP contribution in [0.2, 0.25) is 0 Å². The fraction of sp³-hybridized carbons (Fsp3) is 0.385. The van der Waals surface area contributed by atoms with Gasteiger partial charge in [0.25, 0.3) is 5.89 Å². The predicted octanol–water partition coefficient (Wildman–Crippen LogP) is 2.13. The van der Waals surface area contributed by atoms with Gasteiger partial charge >= 0.3 is 0 Å². The van der Waals surface area contributed by atoms with E-state index in [1.165, 1.54) is 12.1 Å². The van der Waals surface area contributed by atoms with E-state index in [0.29, 0.717) is 17.5 Å². The molecular formula is C13H14FN3O2. The zero-order chi connectivity index (χ0) is 13.3. The topological polar surface area (TPSA) is 74.2 Å². The Morgan fingerprint density at radius 3 is 2.95 bits per heavy atom. The first-order chi connectivity index (χ1) is 9.16. The maximum atomic E-state index is 13.0. The van der Waals surface area contributed by atoms with Gasteiger partial charge in [-0.05, 0) is 31.4 Å². The van der Waals surface area contributed by atoms with Crippen LogP contribution in [0.3, 0.4) is 0 Å². The lowest BCUT2D eigenvalue weighted by atomic mass is 9.77. The molecule has 0 aliphatic heterocycles. The molecule has 2 N–H and O–H groups in total. The van der Waals surface area contributed by atoms with Crippen molar-refractivity contribution in [3.05, 3.63) is 41.8 Å². The minimum atomic E-state index is -0.444. The van der Waals surface area contributed by atoms with Gasteiger partial charge in [0.2, 0.25) is 0 Å². The SMILES string of the molecule is NC1(c2noc(COc3cccc(F)c3)n2)CCC1. The van der Waals surface area contributed by atoms with Crippen LogP contribution in [0, 0.1) is 5.82 Å². The number of nitrogens with zero attached hydrogens (tertiary/aromatic N) is 2. The smallest absolute Gasteiger partial charge is 0.264 e. The summed E-state index contributed by atoms with van der Waals surface area (Å²) in [6.45, 7) is 0.104. The Morgan fingerprint density at radius 2 is 2.26 bits per heavy atom. The van der Waals surface area contributed by atoms with Crippen molar-refractivity contribution < 1.29 is 13.7 Å². The van der Waals surface area contributed by atoms with Crippen molar-refractivity contribution >= 4 is 0 Å². The summed E-state index contributed by atoms with van der Waals surface area (Å²) in [5.74, 6) is 0.942. The molecule has 0 spiro atoms. The predicted molar refractivity (Wildman–Crippen MR) is 64.7 cm³/mol. The van der Waals surface area contributed by atoms with Gasteiger partial charge in [-0.1, -0.05) is 11.2 Å². The van der Waals surface area contributed by atoms with Gasteiger partial charge < -0.3 is 15.0 Å². The highest BCUT2D eigenvalue weighted by Gasteiger charge is 2.38. The molecule has 1 aliphatic carbocycles. The Labute approximate surface area is 109 Å². The molecule has 1 aromatic carbocycles. The number of benzene rings is 1. The molecule has 0 bridgehead atoms. The van der Waals surface area contributed by atoms with Crippen LogP contribution >= 0.6 is 0 Å². The lowest BCUT2D eigenvalue weighted by Crippen LogP contribution is -2.44. The van der Waals surface area contributed by atoms with Crippen molar-refractivity contribution in [2.75, 3.05) is 0 Å². The summed E-state index contributed by atoms with van der Waals surface area (Å²) in [6.07, 6.45) is 2.83. The van der Waals surface area contributed by atoms with E-state index in [1.54, 1.807) is 12.1 Å². The summed E-state index contributed by atoms with van der Waals surface area (Å²) in [5, 5.41) is 3.87. The lowest BCUT2D eigenvalue weighted by molar-refractivity contribution is 0.222. The van der Waals surface area contributed by atoms with Crippen molar-refractivity contribution in [1.29, 1.82) is 0 Å². The van der Waals surface area contributed by atoms with Crippen LogP contribution in [0.15, 0.2) is 28.8 Å². The van der Waals surface area contributed by atoms with Gasteiger partial charge in [0.05, 0.1) is 5.54 Å². The quantitative estimate of drug-likeness (QED) is 0.914. The summed E-state index contributed by atoms with van der Waals surface area (Å²) in [6, 6.07) is 5.89. The number of hydrogen-bond donors (Lipinski definition) is 1. The van der Waals surface area contributed by atoms with Gasteiger partial charge in [-0.2, -0.15) is 4.98 Å². The van der Waals surface area contributed by atoms with Crippen LogP contribution in [0.25, 0.3) is 0 Å². The summed E-state index contributed by atoms with van der Waals surface area (Å²) in [4.78, 5) is 4.22. The number of rotatable bonds is 4. The average Bonchev–Trinajstić information content (AvgIpc) is 2.83. The van der Waals surface area contributed by atoms with Crippen LogP contribution < -0.4 is 10.5 Å². The maximum absolute atomic E-state index is 13.0. The molecule has 1 aromatic heterocycles. The number of aromatic nitrogens is 2. The van der Waals surface area contributed by atoms with Gasteiger partial charge in [-0.25, -0.2) is 4.39 Å². The third-order valence-corrected chi connectivity index (χ3v) is 3.32. The molecule has 1 fully saturated rings. The summed E-state index contributed by atoms with van der Waals surface area (Å²) in [7, 11) is 0. The summed E-state index contributed by atoms with van der Waals surface area (Å²) < 4.78 is 23.4. The van der Waals surface area contributed by atoms with Crippen molar-refractivity contribution in [1.82, 2.24) is 10.1 Å². The van der Waals surface area contributed by atoms with Crippen LogP contribution in [-0.4, -0.2) is 10.1 Å². The van der Waals surface area contributed by atoms with E-state index in [9.17, 15) is 4.39 Å². The van der Waals surface area contributed by atoms with E-state index < -0.39 is 5.54 Å². The second-order valence-corrected chi connectivity index (χ2v) is 4.77. The van der Waals surface area contributed by atoms with E-state index in [2.05, 4.69) is 10.1 Å². The van der Waals surface area contributed by atoms with Gasteiger partial charge in [0.1, 0.15) is 11.6 Å². The number of nitrogens with two attached hydrogens (primary N) is 1. The van der Waals surface area contributed by atoms with Crippen molar-refractivity contribution in [2.45, 2.75) is 31.4 Å². The molecule has 1 saturated carbocycles. The first kappa shape index (κ1) is 12.1. The molecule has 0 saturated heterocycles. The fourth-order valence-corrected chi connectivity index (χ4v) is 2.00. The molecule has 2 aromatic rings. The first-order valence-electron chi connectivity index (χ1n) is 6.16. The standard InChI is InChI=1S/C13H14FN3O2/c14-9-3-1-4-10(7-9)18-8-11-16-12(17-19-11)13(15)5-2-6-13/h1,3-4,7H,2,5-6,8,15H2. The highest BCUT2D eigenvalue weighted by atomic mass is 19.1. The highest BCUT2D eigenvalue weighted by Crippen LogP contribution is 2.36. The van der Waals surface area contributed by atoms with Crippen molar-refractivity contribution in [3.8, 4) is 5.75 Å². The molecule has 5 nitrogen and oxygen atoms in total. The minimum absolute atomic E-state index is 0.104. The van der Waals surface area contributed by atoms with Gasteiger partial charge in [-0.15, -0.1) is 0 Å². The Balaban J connectivity index is 1.64. The molecule has 0 atom stereocenters. The molecule has 0 unspecified atom stereocenters. The first-order valence-corrected chi connectivity index (χ1v) is 6.16. The molecule has 6 heteroatoms. The van der Waals surface area contributed by atoms with Crippen LogP contribution in [0.4, 0.5) is 4.39 Å². The Bertz CT molecular complexity index is 581. The minimum Gasteiger partial charge on any atom is -0.484 e. The van der Waals surface area contributed by atoms with Gasteiger partial charge in [-0.3, -0.25) is 0 Å². The van der Waals surface area contributed by atoms with E-state index in [4.69, 9.17) is 15.0 Å². The summed E-state index contributed by atoms with van der Waals surface area (Å²) in [5.41, 5.74) is 5.65. The maximum Gasteiger partial charge on any atom is 0.264 e. The molecule has 0 radical (unpaired) electrons. The van der Waals surface area contributed by atoms with E-state index in [0.717, 1.165) is 19.3 Å². The summed E-state index contributed by atoms with van der Waals surface area (Å²) >= 11 is 0. The van der Waals surface area contributed by atoms with Crippen LogP contribution in [-0.2, 0) is 12.1 Å². The number of ether oxygens (including phenoxy) is 1. The molecular weight excluding hydrogens is 249 g/mol. The van der Waals surface area contributed by atoms with Gasteiger partial charge in [0, 0.05) is 6.07 Å². The van der Waals surface area contributed by atoms with E-state index >= 15 is 0 Å². The van der Waals surface area contributed by atoms with Crippen molar-refractivity contribution in [3.63, 3.8) is 0 Å². The Hall–Kier alpha value is -1.95. The molecule has 19 heavy (non-hydrogen) atoms. The Kier molecular flexibility index (Phi) is 2.94. The average molecular weight is 263 g/mol. The zero-order valence-corrected chi connectivity index (χ0v) is 10.3. The lowest BCUT2D eigenvalue weighted by Gasteiger charge is -2.34. The highest BCUT2D eigenvalue weighted by molar-refractivity contribution is 5.22. The van der Waals surface area contributed by atoms with Crippen LogP contribution in [0.5, 0.6) is 5.75 Å². The van der Waals surface area contributed by atoms with Crippen molar-refractivity contribution in [2.24, 2.45) is 5.73 Å². The zero-order valence-electron chi connectivity index (χ0n) is 10.3. The van der Waals surface area contributed by atoms with Crippen LogP contribution in [0.1, 0.15) is 31.0 Å². The normalized spacial score (nSPS) is 16.9. The van der Waals surface area contributed by atoms with E-state index in [1.807, 2.05) is 0 Å². The third-order valence-electron chi connectivity index (χ3n) is 3.32. The fourth-order valence-electron chi connectivity index (χ4n) is 2.00. The second kappa shape index (κ2) is 4.62. The second-order valence-electron chi connectivity index (χ2n) is 4.77. The number of halogens is 1.